The van der Waals surface area contributed by atoms with Gasteiger partial charge in [0.25, 0.3) is 0 Å². The Hall–Kier alpha value is -0.690. The topological polar surface area (TPSA) is 24.5 Å². The molecule has 8 heteroatoms. The lowest BCUT2D eigenvalue weighted by Gasteiger charge is -2.34. The van der Waals surface area contributed by atoms with Crippen molar-refractivity contribution in [2.24, 2.45) is 0 Å². The van der Waals surface area contributed by atoms with E-state index in [-0.39, 0.29) is 29.2 Å². The molecule has 1 aliphatic heterocycles. The van der Waals surface area contributed by atoms with Gasteiger partial charge in [-0.05, 0) is 24.1 Å². The molecule has 126 valence electrons. The van der Waals surface area contributed by atoms with Crippen LogP contribution in [0.1, 0.15) is 24.9 Å². The minimum Gasteiger partial charge on any atom is -0.404 e. The molecule has 0 radical (unpaired) electrons. The van der Waals surface area contributed by atoms with Crippen LogP contribution in [0.5, 0.6) is 5.75 Å². The Labute approximate surface area is 139 Å². The summed E-state index contributed by atoms with van der Waals surface area (Å²) < 4.78 is 40.6. The highest BCUT2D eigenvalue weighted by Gasteiger charge is 2.32. The number of hydrogen-bond acceptors (Lipinski definition) is 3. The Morgan fingerprint density at radius 2 is 1.95 bits per heavy atom. The van der Waals surface area contributed by atoms with E-state index in [1.807, 2.05) is 0 Å². The maximum absolute atomic E-state index is 12.2. The first-order valence-electron chi connectivity index (χ1n) is 6.90. The number of ether oxygens (including phenoxy) is 1. The largest absolute Gasteiger partial charge is 0.573 e. The second kappa shape index (κ2) is 8.24. The van der Waals surface area contributed by atoms with Crippen LogP contribution < -0.4 is 10.1 Å². The molecule has 1 aromatic rings. The van der Waals surface area contributed by atoms with Gasteiger partial charge in [0.1, 0.15) is 5.75 Å². The van der Waals surface area contributed by atoms with E-state index in [1.54, 1.807) is 12.1 Å². The Kier molecular flexibility index (Phi) is 7.25. The molecule has 1 fully saturated rings. The molecular formula is C14H19Cl2F3N2O. The summed E-state index contributed by atoms with van der Waals surface area (Å²) in [6.07, 6.45) is -3.86. The van der Waals surface area contributed by atoms with E-state index in [4.69, 9.17) is 11.6 Å². The minimum atomic E-state index is -4.73. The van der Waals surface area contributed by atoms with Crippen LogP contribution in [0, 0.1) is 0 Å². The van der Waals surface area contributed by atoms with Crippen LogP contribution in [-0.2, 0) is 0 Å². The molecule has 2 rings (SSSR count). The number of nitrogens with zero attached hydrogens (tertiary/aromatic N) is 1. The lowest BCUT2D eigenvalue weighted by Crippen LogP contribution is -2.45. The summed E-state index contributed by atoms with van der Waals surface area (Å²) in [7, 11) is 0. The van der Waals surface area contributed by atoms with Gasteiger partial charge in [-0.3, -0.25) is 4.90 Å². The predicted molar refractivity (Wildman–Crippen MR) is 82.9 cm³/mol. The zero-order valence-corrected chi connectivity index (χ0v) is 13.7. The highest BCUT2D eigenvalue weighted by atomic mass is 35.5. The molecule has 1 aliphatic rings. The Morgan fingerprint density at radius 3 is 2.45 bits per heavy atom. The van der Waals surface area contributed by atoms with Gasteiger partial charge in [0.2, 0.25) is 0 Å². The molecule has 0 aliphatic carbocycles. The number of hydrogen-bond donors (Lipinski definition) is 1. The Balaban J connectivity index is 0.00000242. The maximum Gasteiger partial charge on any atom is 0.573 e. The van der Waals surface area contributed by atoms with Gasteiger partial charge in [-0.25, -0.2) is 0 Å². The van der Waals surface area contributed by atoms with Crippen LogP contribution in [-0.4, -0.2) is 37.4 Å². The van der Waals surface area contributed by atoms with Gasteiger partial charge in [-0.15, -0.1) is 25.6 Å². The van der Waals surface area contributed by atoms with Crippen molar-refractivity contribution < 1.29 is 17.9 Å². The molecule has 22 heavy (non-hydrogen) atoms. The smallest absolute Gasteiger partial charge is 0.404 e. The van der Waals surface area contributed by atoms with Gasteiger partial charge in [-0.2, -0.15) is 0 Å². The van der Waals surface area contributed by atoms with E-state index in [2.05, 4.69) is 21.9 Å². The predicted octanol–water partition coefficient (Wildman–Crippen LogP) is 4.02. The lowest BCUT2D eigenvalue weighted by atomic mass is 10.0. The van der Waals surface area contributed by atoms with Gasteiger partial charge < -0.3 is 10.1 Å². The van der Waals surface area contributed by atoms with Gasteiger partial charge >= 0.3 is 6.36 Å². The molecule has 1 heterocycles. The average Bonchev–Trinajstić information content (AvgIpc) is 2.42. The molecule has 1 aromatic carbocycles. The van der Waals surface area contributed by atoms with Crippen molar-refractivity contribution in [3.05, 3.63) is 28.8 Å². The summed E-state index contributed by atoms with van der Waals surface area (Å²) >= 11 is 5.92. The van der Waals surface area contributed by atoms with Crippen molar-refractivity contribution in [2.75, 3.05) is 26.2 Å². The zero-order valence-electron chi connectivity index (χ0n) is 12.1. The molecule has 1 N–H and O–H groups in total. The number of alkyl halides is 3. The fourth-order valence-corrected chi connectivity index (χ4v) is 2.86. The van der Waals surface area contributed by atoms with Gasteiger partial charge in [0.05, 0.1) is 5.02 Å². The van der Waals surface area contributed by atoms with Crippen molar-refractivity contribution >= 4 is 24.0 Å². The lowest BCUT2D eigenvalue weighted by molar-refractivity contribution is -0.274. The molecule has 0 bridgehead atoms. The highest BCUT2D eigenvalue weighted by molar-refractivity contribution is 6.32. The second-order valence-corrected chi connectivity index (χ2v) is 5.35. The standard InChI is InChI=1S/C14H18ClF3N2O.ClH/c1-2-12(20-7-5-19-6-8-20)10-3-4-13(11(15)9-10)21-14(16,17)18;/h3-4,9,12,19H,2,5-8H2,1H3;1H/t12-;/m0./s1. The molecular weight excluding hydrogens is 340 g/mol. The Bertz CT molecular complexity index is 480. The van der Waals surface area contributed by atoms with Crippen LogP contribution >= 0.6 is 24.0 Å². The number of piperazine rings is 1. The summed E-state index contributed by atoms with van der Waals surface area (Å²) in [5, 5.41) is 3.26. The van der Waals surface area contributed by atoms with Crippen LogP contribution in [0.25, 0.3) is 0 Å². The second-order valence-electron chi connectivity index (χ2n) is 4.95. The third kappa shape index (κ3) is 5.19. The third-order valence-electron chi connectivity index (χ3n) is 3.55. The van der Waals surface area contributed by atoms with E-state index in [1.165, 1.54) is 6.07 Å². The van der Waals surface area contributed by atoms with E-state index in [0.29, 0.717) is 0 Å². The average molecular weight is 359 g/mol. The van der Waals surface area contributed by atoms with Crippen molar-refractivity contribution in [3.63, 3.8) is 0 Å². The summed E-state index contributed by atoms with van der Waals surface area (Å²) in [6, 6.07) is 4.67. The summed E-state index contributed by atoms with van der Waals surface area (Å²) in [5.41, 5.74) is 0.916. The summed E-state index contributed by atoms with van der Waals surface area (Å²) in [6.45, 7) is 5.72. The first kappa shape index (κ1) is 19.4. The maximum atomic E-state index is 12.2. The third-order valence-corrected chi connectivity index (χ3v) is 3.84. The highest BCUT2D eigenvalue weighted by Crippen LogP contribution is 2.34. The van der Waals surface area contributed by atoms with Crippen molar-refractivity contribution in [2.45, 2.75) is 25.7 Å². The fourth-order valence-electron chi connectivity index (χ4n) is 2.63. The number of rotatable bonds is 4. The van der Waals surface area contributed by atoms with Gasteiger partial charge in [0.15, 0.2) is 0 Å². The molecule has 1 saturated heterocycles. The number of benzene rings is 1. The molecule has 0 spiro atoms. The monoisotopic (exact) mass is 358 g/mol. The van der Waals surface area contributed by atoms with Crippen molar-refractivity contribution in [3.8, 4) is 5.75 Å². The molecule has 3 nitrogen and oxygen atoms in total. The number of halogens is 5. The van der Waals surface area contributed by atoms with E-state index < -0.39 is 6.36 Å². The van der Waals surface area contributed by atoms with E-state index in [9.17, 15) is 13.2 Å². The fraction of sp³-hybridized carbons (Fsp3) is 0.571. The van der Waals surface area contributed by atoms with Gasteiger partial charge in [0, 0.05) is 32.2 Å². The number of nitrogens with one attached hydrogen (secondary N) is 1. The SMILES string of the molecule is CC[C@@H](c1ccc(OC(F)(F)F)c(Cl)c1)N1CCNCC1.Cl. The van der Waals surface area contributed by atoms with E-state index in [0.717, 1.165) is 38.2 Å². The Morgan fingerprint density at radius 1 is 1.32 bits per heavy atom. The molecule has 0 amide bonds. The molecule has 0 unspecified atom stereocenters. The molecule has 0 saturated carbocycles. The van der Waals surface area contributed by atoms with Crippen LogP contribution in [0.15, 0.2) is 18.2 Å². The molecule has 0 aromatic heterocycles. The van der Waals surface area contributed by atoms with E-state index >= 15 is 0 Å². The van der Waals surface area contributed by atoms with Crippen LogP contribution in [0.2, 0.25) is 5.02 Å². The van der Waals surface area contributed by atoms with Crippen molar-refractivity contribution in [1.82, 2.24) is 10.2 Å². The van der Waals surface area contributed by atoms with Crippen LogP contribution in [0.3, 0.4) is 0 Å². The quantitative estimate of drug-likeness (QED) is 0.879. The minimum absolute atomic E-state index is 0. The zero-order chi connectivity index (χ0) is 15.5. The first-order valence-corrected chi connectivity index (χ1v) is 7.28. The first-order chi connectivity index (χ1) is 9.90. The van der Waals surface area contributed by atoms with Crippen LogP contribution in [0.4, 0.5) is 13.2 Å². The summed E-state index contributed by atoms with van der Waals surface area (Å²) in [4.78, 5) is 2.31. The summed E-state index contributed by atoms with van der Waals surface area (Å²) in [5.74, 6) is -0.358. The molecule has 1 atom stereocenters. The normalized spacial score (nSPS) is 17.7. The van der Waals surface area contributed by atoms with Crippen molar-refractivity contribution in [1.29, 1.82) is 0 Å². The van der Waals surface area contributed by atoms with Gasteiger partial charge in [-0.1, -0.05) is 24.6 Å².